The lowest BCUT2D eigenvalue weighted by atomic mass is 9.89. The SMILES string of the molecule is CC[C@@](CCCCCCCc1ccc2c(n1)NCCC2)(Nc1ncnc2cnn(C)c12)C(=O)O. The van der Waals surface area contributed by atoms with Crippen molar-refractivity contribution in [3.63, 3.8) is 0 Å². The summed E-state index contributed by atoms with van der Waals surface area (Å²) >= 11 is 0. The highest BCUT2D eigenvalue weighted by Gasteiger charge is 2.37. The predicted molar refractivity (Wildman–Crippen MR) is 133 cm³/mol. The Hall–Kier alpha value is -3.23. The summed E-state index contributed by atoms with van der Waals surface area (Å²) < 4.78 is 1.67. The van der Waals surface area contributed by atoms with E-state index >= 15 is 0 Å². The quantitative estimate of drug-likeness (QED) is 0.338. The fourth-order valence-electron chi connectivity index (χ4n) is 4.73. The minimum atomic E-state index is -1.06. The number of carbonyl (C=O) groups is 1. The maximum Gasteiger partial charge on any atom is 0.329 e. The molecule has 0 bridgehead atoms. The number of aromatic nitrogens is 5. The van der Waals surface area contributed by atoms with Gasteiger partial charge in [-0.15, -0.1) is 0 Å². The molecule has 0 aliphatic carbocycles. The third-order valence-electron chi connectivity index (χ3n) is 6.89. The van der Waals surface area contributed by atoms with E-state index in [0.29, 0.717) is 29.7 Å². The van der Waals surface area contributed by atoms with Crippen molar-refractivity contribution in [3.05, 3.63) is 35.9 Å². The molecule has 3 aromatic rings. The molecule has 9 nitrogen and oxygen atoms in total. The molecular weight excluding hydrogens is 430 g/mol. The first-order valence-electron chi connectivity index (χ1n) is 12.4. The van der Waals surface area contributed by atoms with Crippen LogP contribution in [-0.2, 0) is 24.7 Å². The lowest BCUT2D eigenvalue weighted by Gasteiger charge is -2.30. The third kappa shape index (κ3) is 5.29. The van der Waals surface area contributed by atoms with Crippen LogP contribution in [0, 0.1) is 0 Å². The minimum Gasteiger partial charge on any atom is -0.480 e. The number of aliphatic carboxylic acids is 1. The highest BCUT2D eigenvalue weighted by Crippen LogP contribution is 2.28. The van der Waals surface area contributed by atoms with E-state index in [9.17, 15) is 9.90 Å². The number of nitrogens with one attached hydrogen (secondary N) is 2. The zero-order chi connectivity index (χ0) is 24.0. The number of anilines is 2. The largest absolute Gasteiger partial charge is 0.480 e. The monoisotopic (exact) mass is 465 g/mol. The van der Waals surface area contributed by atoms with Crippen molar-refractivity contribution in [3.8, 4) is 0 Å². The van der Waals surface area contributed by atoms with Gasteiger partial charge in [-0.1, -0.05) is 38.7 Å². The van der Waals surface area contributed by atoms with Gasteiger partial charge in [-0.3, -0.25) is 4.68 Å². The first-order chi connectivity index (χ1) is 16.5. The molecule has 0 radical (unpaired) electrons. The van der Waals surface area contributed by atoms with Gasteiger partial charge in [0.15, 0.2) is 5.82 Å². The number of aryl methyl sites for hydroxylation is 3. The van der Waals surface area contributed by atoms with Crippen LogP contribution in [-0.4, -0.2) is 47.9 Å². The summed E-state index contributed by atoms with van der Waals surface area (Å²) in [6.45, 7) is 2.92. The number of rotatable bonds is 12. The fourth-order valence-corrected chi connectivity index (χ4v) is 4.73. The topological polar surface area (TPSA) is 118 Å². The number of carboxylic acids is 1. The molecule has 1 aliphatic heterocycles. The van der Waals surface area contributed by atoms with Crippen molar-refractivity contribution in [1.82, 2.24) is 24.7 Å². The molecule has 0 saturated carbocycles. The molecule has 0 saturated heterocycles. The highest BCUT2D eigenvalue weighted by atomic mass is 16.4. The van der Waals surface area contributed by atoms with Crippen molar-refractivity contribution in [2.24, 2.45) is 7.05 Å². The van der Waals surface area contributed by atoms with Gasteiger partial charge in [0, 0.05) is 19.3 Å². The smallest absolute Gasteiger partial charge is 0.329 e. The summed E-state index contributed by atoms with van der Waals surface area (Å²) in [6, 6.07) is 4.37. The van der Waals surface area contributed by atoms with Crippen molar-refractivity contribution < 1.29 is 9.90 Å². The summed E-state index contributed by atoms with van der Waals surface area (Å²) in [5.41, 5.74) is 2.82. The van der Waals surface area contributed by atoms with E-state index in [0.717, 1.165) is 63.0 Å². The summed E-state index contributed by atoms with van der Waals surface area (Å²) in [4.78, 5) is 25.6. The Morgan fingerprint density at radius 3 is 2.85 bits per heavy atom. The Bertz CT molecular complexity index is 1130. The summed E-state index contributed by atoms with van der Waals surface area (Å²) in [6.07, 6.45) is 12.5. The van der Waals surface area contributed by atoms with Crippen LogP contribution in [0.1, 0.15) is 69.5 Å². The molecule has 1 aliphatic rings. The molecule has 34 heavy (non-hydrogen) atoms. The molecule has 4 heterocycles. The second-order valence-electron chi connectivity index (χ2n) is 9.20. The Kier molecular flexibility index (Phi) is 7.59. The van der Waals surface area contributed by atoms with Crippen LogP contribution < -0.4 is 10.6 Å². The standard InChI is InChI=1S/C25H35N7O2/c1-3-25(24(33)34,31-23-21-20(27-17-28-23)16-29-32(21)2)14-8-6-4-5-7-11-19-13-12-18-10-9-15-26-22(18)30-19/h12-13,16-17H,3-11,14-15H2,1-2H3,(H,26,30)(H,33,34)(H,27,28,31)/t25-/m0/s1. The van der Waals surface area contributed by atoms with Gasteiger partial charge in [-0.05, 0) is 50.2 Å². The molecule has 0 amide bonds. The van der Waals surface area contributed by atoms with Crippen LogP contribution in [0.5, 0.6) is 0 Å². The normalized spacial score (nSPS) is 14.9. The first kappa shape index (κ1) is 23.9. The van der Waals surface area contributed by atoms with Gasteiger partial charge in [0.1, 0.15) is 28.7 Å². The highest BCUT2D eigenvalue weighted by molar-refractivity contribution is 5.89. The third-order valence-corrected chi connectivity index (χ3v) is 6.89. The Labute approximate surface area is 200 Å². The van der Waals surface area contributed by atoms with E-state index < -0.39 is 11.5 Å². The predicted octanol–water partition coefficient (Wildman–Crippen LogP) is 4.35. The molecule has 3 N–H and O–H groups in total. The van der Waals surface area contributed by atoms with Crippen LogP contribution in [0.15, 0.2) is 24.7 Å². The first-order valence-corrected chi connectivity index (χ1v) is 12.4. The van der Waals surface area contributed by atoms with Crippen molar-refractivity contribution in [2.75, 3.05) is 17.2 Å². The zero-order valence-corrected chi connectivity index (χ0v) is 20.2. The van der Waals surface area contributed by atoms with Crippen LogP contribution in [0.25, 0.3) is 11.0 Å². The summed E-state index contributed by atoms with van der Waals surface area (Å²) in [7, 11) is 1.81. The van der Waals surface area contributed by atoms with Gasteiger partial charge in [0.2, 0.25) is 0 Å². The number of fused-ring (bicyclic) bond motifs is 2. The van der Waals surface area contributed by atoms with Crippen LogP contribution >= 0.6 is 0 Å². The summed E-state index contributed by atoms with van der Waals surface area (Å²) in [5, 5.41) is 20.9. The van der Waals surface area contributed by atoms with Gasteiger partial charge >= 0.3 is 5.97 Å². The number of hydrogen-bond donors (Lipinski definition) is 3. The van der Waals surface area contributed by atoms with E-state index in [-0.39, 0.29) is 0 Å². The Balaban J connectivity index is 1.26. The Morgan fingerprint density at radius 2 is 2.03 bits per heavy atom. The minimum absolute atomic E-state index is 0.462. The second-order valence-corrected chi connectivity index (χ2v) is 9.20. The number of carboxylic acid groups (broad SMARTS) is 1. The fraction of sp³-hybridized carbons (Fsp3) is 0.560. The molecule has 3 aromatic heterocycles. The molecular formula is C25H35N7O2. The maximum absolute atomic E-state index is 12.3. The molecule has 0 unspecified atom stereocenters. The molecule has 9 heteroatoms. The van der Waals surface area contributed by atoms with Crippen molar-refractivity contribution in [2.45, 2.75) is 76.7 Å². The second kappa shape index (κ2) is 10.8. The van der Waals surface area contributed by atoms with Gasteiger partial charge in [-0.25, -0.2) is 19.7 Å². The van der Waals surface area contributed by atoms with E-state index in [4.69, 9.17) is 4.98 Å². The van der Waals surface area contributed by atoms with E-state index in [1.54, 1.807) is 10.9 Å². The van der Waals surface area contributed by atoms with Crippen molar-refractivity contribution in [1.29, 1.82) is 0 Å². The molecule has 1 atom stereocenters. The average Bonchev–Trinajstić information content (AvgIpc) is 3.24. The molecule has 0 spiro atoms. The van der Waals surface area contributed by atoms with E-state index in [1.165, 1.54) is 18.3 Å². The number of unbranched alkanes of at least 4 members (excludes halogenated alkanes) is 4. The lowest BCUT2D eigenvalue weighted by Crippen LogP contribution is -2.46. The van der Waals surface area contributed by atoms with Gasteiger partial charge in [0.05, 0.1) is 6.20 Å². The van der Waals surface area contributed by atoms with Gasteiger partial charge in [-0.2, -0.15) is 5.10 Å². The van der Waals surface area contributed by atoms with Crippen LogP contribution in [0.3, 0.4) is 0 Å². The molecule has 0 aromatic carbocycles. The van der Waals surface area contributed by atoms with E-state index in [1.807, 2.05) is 14.0 Å². The Morgan fingerprint density at radius 1 is 1.21 bits per heavy atom. The maximum atomic E-state index is 12.3. The average molecular weight is 466 g/mol. The lowest BCUT2D eigenvalue weighted by molar-refractivity contribution is -0.142. The molecule has 4 rings (SSSR count). The van der Waals surface area contributed by atoms with Gasteiger partial charge in [0.25, 0.3) is 0 Å². The van der Waals surface area contributed by atoms with Crippen LogP contribution in [0.4, 0.5) is 11.6 Å². The van der Waals surface area contributed by atoms with Gasteiger partial charge < -0.3 is 15.7 Å². The zero-order valence-electron chi connectivity index (χ0n) is 20.2. The van der Waals surface area contributed by atoms with Crippen LogP contribution in [0.2, 0.25) is 0 Å². The number of pyridine rings is 1. The number of hydrogen-bond acceptors (Lipinski definition) is 7. The van der Waals surface area contributed by atoms with E-state index in [2.05, 4.69) is 37.8 Å². The molecule has 182 valence electrons. The summed E-state index contributed by atoms with van der Waals surface area (Å²) in [5.74, 6) is 0.727. The molecule has 0 fully saturated rings. The number of nitrogens with zero attached hydrogens (tertiary/aromatic N) is 5. The van der Waals surface area contributed by atoms with Crippen molar-refractivity contribution >= 4 is 28.6 Å².